The molecule has 1 atom stereocenters. The Balaban J connectivity index is 2.75. The molecule has 0 saturated heterocycles. The van der Waals surface area contributed by atoms with Crippen molar-refractivity contribution in [1.29, 1.82) is 0 Å². The molecule has 1 rings (SSSR count). The van der Waals surface area contributed by atoms with Crippen molar-refractivity contribution in [2.75, 3.05) is 24.7 Å². The van der Waals surface area contributed by atoms with E-state index in [4.69, 9.17) is 20.9 Å². The number of rotatable bonds is 11. The molecule has 5 nitrogen and oxygen atoms in total. The summed E-state index contributed by atoms with van der Waals surface area (Å²) in [5.41, 5.74) is 15.0. The molecular formula is C18H32N2O3. The lowest BCUT2D eigenvalue weighted by molar-refractivity contribution is -0.0627. The first-order chi connectivity index (χ1) is 11.0. The summed E-state index contributed by atoms with van der Waals surface area (Å²) < 4.78 is 11.6. The molecule has 0 aliphatic heterocycles. The second-order valence-corrected chi connectivity index (χ2v) is 6.26. The molecule has 132 valence electrons. The molecule has 1 aromatic carbocycles. The van der Waals surface area contributed by atoms with Crippen molar-refractivity contribution >= 4 is 11.4 Å². The van der Waals surface area contributed by atoms with Crippen molar-refractivity contribution in [3.05, 3.63) is 23.3 Å². The van der Waals surface area contributed by atoms with E-state index >= 15 is 0 Å². The van der Waals surface area contributed by atoms with Gasteiger partial charge in [0.1, 0.15) is 0 Å². The number of anilines is 2. The van der Waals surface area contributed by atoms with Gasteiger partial charge in [-0.3, -0.25) is 0 Å². The summed E-state index contributed by atoms with van der Waals surface area (Å²) in [5.74, 6) is 0. The highest BCUT2D eigenvalue weighted by Crippen LogP contribution is 2.27. The van der Waals surface area contributed by atoms with Crippen LogP contribution in [0.15, 0.2) is 12.1 Å². The third kappa shape index (κ3) is 6.37. The van der Waals surface area contributed by atoms with E-state index in [1.165, 1.54) is 0 Å². The van der Waals surface area contributed by atoms with Crippen LogP contribution in [-0.4, -0.2) is 23.9 Å². The highest BCUT2D eigenvalue weighted by molar-refractivity contribution is 5.60. The van der Waals surface area contributed by atoms with E-state index < -0.39 is 0 Å². The number of hydrogen-bond donors (Lipinski definition) is 3. The zero-order chi connectivity index (χ0) is 17.3. The minimum Gasteiger partial charge on any atom is -0.398 e. The van der Waals surface area contributed by atoms with Crippen LogP contribution in [0.25, 0.3) is 0 Å². The van der Waals surface area contributed by atoms with Crippen LogP contribution in [0.3, 0.4) is 0 Å². The third-order valence-corrected chi connectivity index (χ3v) is 4.00. The number of nitrogens with two attached hydrogens (primary N) is 2. The average molecular weight is 324 g/mol. The maximum absolute atomic E-state index is 9.22. The number of aliphatic hydroxyl groups excluding tert-OH is 1. The topological polar surface area (TPSA) is 90.7 Å². The fourth-order valence-corrected chi connectivity index (χ4v) is 2.59. The molecule has 0 amide bonds. The zero-order valence-corrected chi connectivity index (χ0v) is 14.7. The van der Waals surface area contributed by atoms with Crippen molar-refractivity contribution in [1.82, 2.24) is 0 Å². The first kappa shape index (κ1) is 19.7. The van der Waals surface area contributed by atoms with Crippen LogP contribution in [0, 0.1) is 0 Å². The predicted molar refractivity (Wildman–Crippen MR) is 95.0 cm³/mol. The number of hydrogen-bond acceptors (Lipinski definition) is 5. The Morgan fingerprint density at radius 2 is 1.61 bits per heavy atom. The molecule has 5 N–H and O–H groups in total. The van der Waals surface area contributed by atoms with Crippen molar-refractivity contribution < 1.29 is 14.6 Å². The molecule has 0 fully saturated rings. The van der Waals surface area contributed by atoms with Gasteiger partial charge in [-0.05, 0) is 38.3 Å². The van der Waals surface area contributed by atoms with E-state index in [0.29, 0.717) is 37.6 Å². The van der Waals surface area contributed by atoms with Crippen LogP contribution in [-0.2, 0) is 22.7 Å². The Labute approximate surface area is 140 Å². The van der Waals surface area contributed by atoms with Gasteiger partial charge >= 0.3 is 0 Å². The van der Waals surface area contributed by atoms with E-state index in [2.05, 4.69) is 13.8 Å². The quantitative estimate of drug-likeness (QED) is 0.429. The molecule has 1 aromatic rings. The van der Waals surface area contributed by atoms with E-state index in [0.717, 1.165) is 30.4 Å². The molecule has 0 heterocycles. The lowest BCUT2D eigenvalue weighted by atomic mass is 9.96. The van der Waals surface area contributed by atoms with Crippen LogP contribution in [0.5, 0.6) is 0 Å². The van der Waals surface area contributed by atoms with Gasteiger partial charge in [-0.15, -0.1) is 0 Å². The number of aliphatic hydroxyl groups is 1. The van der Waals surface area contributed by atoms with Gasteiger partial charge < -0.3 is 26.0 Å². The van der Waals surface area contributed by atoms with Gasteiger partial charge in [0.05, 0.1) is 18.8 Å². The average Bonchev–Trinajstić information content (AvgIpc) is 2.50. The van der Waals surface area contributed by atoms with E-state index in [-0.39, 0.29) is 12.2 Å². The van der Waals surface area contributed by atoms with Gasteiger partial charge in [-0.2, -0.15) is 0 Å². The minimum absolute atomic E-state index is 0.113. The smallest absolute Gasteiger partial charge is 0.0745 e. The van der Waals surface area contributed by atoms with Gasteiger partial charge in [0.2, 0.25) is 0 Å². The van der Waals surface area contributed by atoms with Gasteiger partial charge in [0.25, 0.3) is 0 Å². The Hall–Kier alpha value is -1.30. The zero-order valence-electron chi connectivity index (χ0n) is 14.7. The molecule has 5 heteroatoms. The summed E-state index contributed by atoms with van der Waals surface area (Å²) in [6.07, 6.45) is 3.48. The monoisotopic (exact) mass is 324 g/mol. The summed E-state index contributed by atoms with van der Waals surface area (Å²) >= 11 is 0. The normalized spacial score (nSPS) is 13.9. The highest BCUT2D eigenvalue weighted by Gasteiger charge is 2.24. The molecule has 0 spiro atoms. The molecule has 0 aromatic heterocycles. The Kier molecular flexibility index (Phi) is 8.37. The van der Waals surface area contributed by atoms with Gasteiger partial charge in [0, 0.05) is 35.7 Å². The fraction of sp³-hybridized carbons (Fsp3) is 0.667. The van der Waals surface area contributed by atoms with Crippen LogP contribution in [0.2, 0.25) is 0 Å². The third-order valence-electron chi connectivity index (χ3n) is 4.00. The summed E-state index contributed by atoms with van der Waals surface area (Å²) in [6.45, 7) is 7.89. The number of benzene rings is 1. The summed E-state index contributed by atoms with van der Waals surface area (Å²) in [6, 6.07) is 3.73. The van der Waals surface area contributed by atoms with Crippen molar-refractivity contribution in [2.45, 2.75) is 65.3 Å². The maximum Gasteiger partial charge on any atom is 0.0745 e. The Morgan fingerprint density at radius 3 is 2.13 bits per heavy atom. The SMILES string of the molecule is CCCOCc1cc(N)c(COC(C)(CCC)CCO)cc1N. The van der Waals surface area contributed by atoms with E-state index in [1.807, 2.05) is 19.1 Å². The minimum atomic E-state index is -0.340. The first-order valence-corrected chi connectivity index (χ1v) is 8.45. The largest absolute Gasteiger partial charge is 0.398 e. The Bertz CT molecular complexity index is 472. The molecule has 0 radical (unpaired) electrons. The van der Waals surface area contributed by atoms with Crippen molar-refractivity contribution in [2.24, 2.45) is 0 Å². The molecule has 23 heavy (non-hydrogen) atoms. The molecule has 0 bridgehead atoms. The van der Waals surface area contributed by atoms with Gasteiger partial charge in [-0.1, -0.05) is 20.3 Å². The van der Waals surface area contributed by atoms with E-state index in [1.54, 1.807) is 0 Å². The fourth-order valence-electron chi connectivity index (χ4n) is 2.59. The first-order valence-electron chi connectivity index (χ1n) is 8.45. The van der Waals surface area contributed by atoms with Crippen LogP contribution in [0.4, 0.5) is 11.4 Å². The van der Waals surface area contributed by atoms with E-state index in [9.17, 15) is 5.11 Å². The summed E-state index contributed by atoms with van der Waals surface area (Å²) in [4.78, 5) is 0. The molecule has 0 aliphatic carbocycles. The standard InChI is InChI=1S/C18H32N2O3/c1-4-6-18(3,7-8-21)23-13-15-11-16(19)14(10-17(15)20)12-22-9-5-2/h10-11,21H,4-9,12-13,19-20H2,1-3H3. The highest BCUT2D eigenvalue weighted by atomic mass is 16.5. The van der Waals surface area contributed by atoms with Gasteiger partial charge in [0.15, 0.2) is 0 Å². The van der Waals surface area contributed by atoms with Crippen LogP contribution >= 0.6 is 0 Å². The number of nitrogen functional groups attached to an aromatic ring is 2. The Morgan fingerprint density at radius 1 is 1.00 bits per heavy atom. The summed E-state index contributed by atoms with van der Waals surface area (Å²) in [7, 11) is 0. The molecular weight excluding hydrogens is 292 g/mol. The summed E-state index contributed by atoms with van der Waals surface area (Å²) in [5, 5.41) is 9.22. The van der Waals surface area contributed by atoms with Crippen LogP contribution < -0.4 is 11.5 Å². The van der Waals surface area contributed by atoms with Crippen molar-refractivity contribution in [3.8, 4) is 0 Å². The lowest BCUT2D eigenvalue weighted by Gasteiger charge is -2.29. The second kappa shape index (κ2) is 9.75. The maximum atomic E-state index is 9.22. The predicted octanol–water partition coefficient (Wildman–Crippen LogP) is 3.24. The molecule has 1 unspecified atom stereocenters. The van der Waals surface area contributed by atoms with Crippen molar-refractivity contribution in [3.63, 3.8) is 0 Å². The molecule has 0 aliphatic rings. The number of ether oxygens (including phenoxy) is 2. The molecule has 0 saturated carbocycles. The van der Waals surface area contributed by atoms with Crippen LogP contribution in [0.1, 0.15) is 57.6 Å². The lowest BCUT2D eigenvalue weighted by Crippen LogP contribution is -2.30. The van der Waals surface area contributed by atoms with Gasteiger partial charge in [-0.25, -0.2) is 0 Å². The second-order valence-electron chi connectivity index (χ2n) is 6.26.